The van der Waals surface area contributed by atoms with Crippen molar-refractivity contribution in [2.75, 3.05) is 24.9 Å². The van der Waals surface area contributed by atoms with Crippen LogP contribution < -0.4 is 15.2 Å². The Balaban J connectivity index is 1.39. The van der Waals surface area contributed by atoms with Gasteiger partial charge in [-0.25, -0.2) is 16.8 Å². The number of hydrogen-bond acceptors (Lipinski definition) is 6. The number of anilines is 1. The van der Waals surface area contributed by atoms with E-state index in [0.717, 1.165) is 20.8 Å². The zero-order valence-corrected chi connectivity index (χ0v) is 28.8. The van der Waals surface area contributed by atoms with Crippen molar-refractivity contribution in [3.63, 3.8) is 0 Å². The first-order valence-electron chi connectivity index (χ1n) is 14.6. The van der Waals surface area contributed by atoms with E-state index in [9.17, 15) is 21.6 Å². The fourth-order valence-corrected chi connectivity index (χ4v) is 8.10. The number of likely N-dealkylation sites (tertiary alicyclic amines) is 1. The summed E-state index contributed by atoms with van der Waals surface area (Å²) in [7, 11) is -6.31. The number of piperidine rings is 1. The molecule has 1 amide bonds. The molecule has 1 fully saturated rings. The highest BCUT2D eigenvalue weighted by Crippen LogP contribution is 2.23. The van der Waals surface area contributed by atoms with Crippen LogP contribution in [0.1, 0.15) is 18.4 Å². The van der Waals surface area contributed by atoms with Crippen LogP contribution in [0.25, 0.3) is 10.8 Å². The number of likely N-dealkylation sites (N-methyl/N-ethyl adjacent to an activating group) is 1. The number of hydrogen-bond donors (Lipinski definition) is 4. The third-order valence-electron chi connectivity index (χ3n) is 8.03. The number of nitrogens with one attached hydrogen (secondary N) is 3. The number of carbonyl (C=O) groups excluding carboxylic acids is 1. The zero-order valence-electron chi connectivity index (χ0n) is 25.1. The Morgan fingerprint density at radius 2 is 1.61 bits per heavy atom. The van der Waals surface area contributed by atoms with Crippen LogP contribution in [0.3, 0.4) is 0 Å². The highest BCUT2D eigenvalue weighted by atomic mass is 127. The van der Waals surface area contributed by atoms with Crippen molar-refractivity contribution < 1.29 is 21.6 Å². The minimum absolute atomic E-state index is 0.0171. The summed E-state index contributed by atoms with van der Waals surface area (Å²) < 4.78 is 59.2. The fraction of sp³-hybridized carbons (Fsp3) is 0.250. The molecule has 1 aliphatic heterocycles. The Morgan fingerprint density at radius 3 is 2.28 bits per heavy atom. The molecule has 5 rings (SSSR count). The quantitative estimate of drug-likeness (QED) is 0.108. The second-order valence-corrected chi connectivity index (χ2v) is 15.9. The van der Waals surface area contributed by atoms with Crippen molar-refractivity contribution in [3.05, 3.63) is 100 Å². The van der Waals surface area contributed by atoms with Crippen LogP contribution in [0.15, 0.2) is 101 Å². The van der Waals surface area contributed by atoms with Gasteiger partial charge in [0.05, 0.1) is 9.79 Å². The molecule has 0 saturated carbocycles. The van der Waals surface area contributed by atoms with Gasteiger partial charge in [0.2, 0.25) is 15.9 Å². The standard InChI is InChI=1S/C32H35IN6O5S2/c1-38(27-7-4-18-39(21-27)32(34)35)31(40)30(37-46(43,44)29-15-10-23-5-2-3-6-24(23)20-29)19-22-8-13-26(14-9-22)36-45(41,42)28-16-11-25(33)12-17-28/h2-3,5-6,8-17,20,27,30,36-37H,4,7,18-19,21H2,1H3,(H3,34,35)/t27?,30-/m0/s1. The van der Waals surface area contributed by atoms with Crippen LogP contribution in [-0.2, 0) is 31.3 Å². The summed E-state index contributed by atoms with van der Waals surface area (Å²) in [6.45, 7) is 0.989. The molecule has 0 bridgehead atoms. The Morgan fingerprint density at radius 1 is 0.957 bits per heavy atom. The lowest BCUT2D eigenvalue weighted by Gasteiger charge is -2.39. The number of benzene rings is 4. The molecule has 0 spiro atoms. The highest BCUT2D eigenvalue weighted by Gasteiger charge is 2.33. The topological polar surface area (TPSA) is 166 Å². The second-order valence-electron chi connectivity index (χ2n) is 11.2. The van der Waals surface area contributed by atoms with Gasteiger partial charge in [0.25, 0.3) is 10.0 Å². The van der Waals surface area contributed by atoms with Gasteiger partial charge in [0.1, 0.15) is 6.04 Å². The molecular formula is C32H35IN6O5S2. The van der Waals surface area contributed by atoms with E-state index in [0.29, 0.717) is 30.8 Å². The number of fused-ring (bicyclic) bond motifs is 1. The van der Waals surface area contributed by atoms with E-state index < -0.39 is 32.0 Å². The first-order valence-corrected chi connectivity index (χ1v) is 18.6. The second kappa shape index (κ2) is 13.9. The number of carbonyl (C=O) groups is 1. The fourth-order valence-electron chi connectivity index (χ4n) is 5.46. The predicted molar refractivity (Wildman–Crippen MR) is 187 cm³/mol. The monoisotopic (exact) mass is 774 g/mol. The smallest absolute Gasteiger partial charge is 0.261 e. The largest absolute Gasteiger partial charge is 0.370 e. The Bertz CT molecular complexity index is 1960. The van der Waals surface area contributed by atoms with E-state index >= 15 is 0 Å². The molecule has 242 valence electrons. The molecule has 1 heterocycles. The maximum absolute atomic E-state index is 14.0. The predicted octanol–water partition coefficient (Wildman–Crippen LogP) is 3.95. The molecule has 2 atom stereocenters. The summed E-state index contributed by atoms with van der Waals surface area (Å²) in [6, 6.07) is 23.7. The van der Waals surface area contributed by atoms with Crippen LogP contribution in [0, 0.1) is 8.98 Å². The molecule has 14 heteroatoms. The Labute approximate surface area is 282 Å². The minimum atomic E-state index is -4.12. The van der Waals surface area contributed by atoms with Crippen molar-refractivity contribution in [1.29, 1.82) is 5.41 Å². The van der Waals surface area contributed by atoms with Gasteiger partial charge in [-0.05, 0) is 107 Å². The molecule has 1 unspecified atom stereocenters. The maximum atomic E-state index is 14.0. The van der Waals surface area contributed by atoms with Gasteiger partial charge < -0.3 is 15.5 Å². The molecular weight excluding hydrogens is 739 g/mol. The van der Waals surface area contributed by atoms with E-state index in [2.05, 4.69) is 32.0 Å². The molecule has 0 radical (unpaired) electrons. The average molecular weight is 775 g/mol. The molecule has 4 aromatic carbocycles. The molecule has 1 saturated heterocycles. The van der Waals surface area contributed by atoms with E-state index in [1.807, 2.05) is 24.3 Å². The summed E-state index contributed by atoms with van der Waals surface area (Å²) in [5.41, 5.74) is 6.66. The first-order chi connectivity index (χ1) is 21.8. The lowest BCUT2D eigenvalue weighted by Crippen LogP contribution is -2.56. The number of amides is 1. The summed E-state index contributed by atoms with van der Waals surface area (Å²) in [5.74, 6) is -0.500. The van der Waals surface area contributed by atoms with Crippen LogP contribution in [0.4, 0.5) is 5.69 Å². The molecule has 0 aliphatic carbocycles. The van der Waals surface area contributed by atoms with E-state index in [1.54, 1.807) is 60.5 Å². The van der Waals surface area contributed by atoms with Crippen molar-refractivity contribution in [2.45, 2.75) is 41.1 Å². The molecule has 46 heavy (non-hydrogen) atoms. The molecule has 1 aliphatic rings. The normalized spacial score (nSPS) is 16.1. The summed E-state index contributed by atoms with van der Waals surface area (Å²) in [5, 5.41) is 9.46. The average Bonchev–Trinajstić information content (AvgIpc) is 3.04. The third-order valence-corrected chi connectivity index (χ3v) is 11.6. The molecule has 5 N–H and O–H groups in total. The van der Waals surface area contributed by atoms with Crippen LogP contribution in [0.2, 0.25) is 0 Å². The van der Waals surface area contributed by atoms with Crippen LogP contribution in [-0.4, -0.2) is 70.7 Å². The lowest BCUT2D eigenvalue weighted by molar-refractivity contribution is -0.134. The van der Waals surface area contributed by atoms with Gasteiger partial charge in [-0.1, -0.05) is 42.5 Å². The van der Waals surface area contributed by atoms with Gasteiger partial charge in [-0.15, -0.1) is 0 Å². The maximum Gasteiger partial charge on any atom is 0.261 e. The van der Waals surface area contributed by atoms with Gasteiger partial charge in [-0.2, -0.15) is 4.72 Å². The summed E-state index contributed by atoms with van der Waals surface area (Å²) >= 11 is 2.10. The summed E-state index contributed by atoms with van der Waals surface area (Å²) in [6.07, 6.45) is 1.43. The highest BCUT2D eigenvalue weighted by molar-refractivity contribution is 14.1. The zero-order chi connectivity index (χ0) is 33.1. The first kappa shape index (κ1) is 33.6. The van der Waals surface area contributed by atoms with Crippen molar-refractivity contribution >= 4 is 71.0 Å². The summed E-state index contributed by atoms with van der Waals surface area (Å²) in [4.78, 5) is 17.4. The van der Waals surface area contributed by atoms with Gasteiger partial charge in [0, 0.05) is 35.4 Å². The Hall–Kier alpha value is -3.73. The third kappa shape index (κ3) is 7.97. The SMILES string of the molecule is CN(C(=O)[C@H](Cc1ccc(NS(=O)(=O)c2ccc(I)cc2)cc1)NS(=O)(=O)c1ccc2ccccc2c1)C1CCCN(C(=N)N)C1. The van der Waals surface area contributed by atoms with Crippen LogP contribution in [0.5, 0.6) is 0 Å². The number of sulfonamides is 2. The minimum Gasteiger partial charge on any atom is -0.370 e. The Kier molecular flexibility index (Phi) is 10.2. The van der Waals surface area contributed by atoms with Gasteiger partial charge in [-0.3, -0.25) is 14.9 Å². The lowest BCUT2D eigenvalue weighted by atomic mass is 10.0. The van der Waals surface area contributed by atoms with Gasteiger partial charge >= 0.3 is 0 Å². The molecule has 0 aromatic heterocycles. The van der Waals surface area contributed by atoms with Crippen molar-refractivity contribution in [1.82, 2.24) is 14.5 Å². The van der Waals surface area contributed by atoms with E-state index in [4.69, 9.17) is 11.1 Å². The van der Waals surface area contributed by atoms with Crippen LogP contribution >= 0.6 is 22.6 Å². The van der Waals surface area contributed by atoms with Crippen molar-refractivity contribution in [3.8, 4) is 0 Å². The van der Waals surface area contributed by atoms with E-state index in [-0.39, 0.29) is 28.2 Å². The number of rotatable bonds is 10. The number of halogens is 1. The molecule has 11 nitrogen and oxygen atoms in total. The van der Waals surface area contributed by atoms with E-state index in [1.165, 1.54) is 23.1 Å². The number of nitrogens with zero attached hydrogens (tertiary/aromatic N) is 2. The molecule has 4 aromatic rings. The number of guanidine groups is 1. The van der Waals surface area contributed by atoms with Crippen molar-refractivity contribution in [2.24, 2.45) is 5.73 Å². The number of nitrogens with two attached hydrogens (primary N) is 1. The van der Waals surface area contributed by atoms with Gasteiger partial charge in [0.15, 0.2) is 5.96 Å².